The van der Waals surface area contributed by atoms with Gasteiger partial charge in [-0.05, 0) is 54.2 Å². The Labute approximate surface area is 154 Å². The Morgan fingerprint density at radius 2 is 1.50 bits per heavy atom. The summed E-state index contributed by atoms with van der Waals surface area (Å²) in [4.78, 5) is 24.2. The van der Waals surface area contributed by atoms with Crippen molar-refractivity contribution in [3.63, 3.8) is 0 Å². The number of hydrogen-bond donors (Lipinski definition) is 1. The lowest BCUT2D eigenvalue weighted by atomic mass is 9.92. The zero-order chi connectivity index (χ0) is 20.8. The molecule has 0 bridgehead atoms. The number of rotatable bonds is 8. The summed E-state index contributed by atoms with van der Waals surface area (Å²) in [6, 6.07) is 0. The number of alkyl halides is 2. The first-order valence-electron chi connectivity index (χ1n) is 8.47. The van der Waals surface area contributed by atoms with Gasteiger partial charge in [-0.15, -0.1) is 6.58 Å². The van der Waals surface area contributed by atoms with Crippen LogP contribution >= 0.6 is 0 Å². The number of hydrogen-bond acceptors (Lipinski definition) is 5. The van der Waals surface area contributed by atoms with Gasteiger partial charge in [-0.3, -0.25) is 9.59 Å². The zero-order valence-electron chi connectivity index (χ0n) is 16.5. The van der Waals surface area contributed by atoms with Crippen LogP contribution in [0.4, 0.5) is 8.78 Å². The van der Waals surface area contributed by atoms with Gasteiger partial charge in [0.15, 0.2) is 0 Å². The lowest BCUT2D eigenvalue weighted by Crippen LogP contribution is -2.38. The van der Waals surface area contributed by atoms with E-state index < -0.39 is 47.3 Å². The van der Waals surface area contributed by atoms with Crippen LogP contribution in [-0.2, 0) is 19.1 Å². The summed E-state index contributed by atoms with van der Waals surface area (Å²) in [5.41, 5.74) is 3.67. The second-order valence-electron chi connectivity index (χ2n) is 8.07. The molecule has 5 nitrogen and oxygen atoms in total. The maximum Gasteiger partial charge on any atom is 0.319 e. The second-order valence-corrected chi connectivity index (χ2v) is 8.07. The quantitative estimate of drug-likeness (QED) is 0.513. The molecule has 26 heavy (non-hydrogen) atoms. The van der Waals surface area contributed by atoms with E-state index in [1.165, 1.54) is 6.08 Å². The molecule has 7 heteroatoms. The predicted octanol–water partition coefficient (Wildman–Crippen LogP) is 3.98. The summed E-state index contributed by atoms with van der Waals surface area (Å²) in [7, 11) is 0. The zero-order valence-corrected chi connectivity index (χ0v) is 16.5. The van der Waals surface area contributed by atoms with Gasteiger partial charge in [0, 0.05) is 6.42 Å². The number of halogens is 2. The first-order chi connectivity index (χ1) is 11.6. The van der Waals surface area contributed by atoms with Crippen LogP contribution in [0.5, 0.6) is 0 Å². The highest BCUT2D eigenvalue weighted by Gasteiger charge is 2.44. The number of esters is 2. The van der Waals surface area contributed by atoms with Gasteiger partial charge in [0.1, 0.15) is 17.1 Å². The van der Waals surface area contributed by atoms with E-state index in [0.717, 1.165) is 12.3 Å². The van der Waals surface area contributed by atoms with Crippen molar-refractivity contribution in [1.82, 2.24) is 0 Å². The molecular weight excluding hydrogens is 344 g/mol. The number of carbonyl (C=O) groups is 2. The molecule has 0 fully saturated rings. The molecular formula is C19H31F2NO4. The fraction of sp³-hybridized carbons (Fsp3) is 0.684. The molecule has 2 unspecified atom stereocenters. The van der Waals surface area contributed by atoms with Crippen molar-refractivity contribution >= 4 is 11.9 Å². The van der Waals surface area contributed by atoms with E-state index in [9.17, 15) is 18.4 Å². The SMILES string of the molecule is C=CC(C(=O)OC(C)(C)C)C(F)(F)CCC(C=CN)C(=O)OC(C)(C)C. The Balaban J connectivity index is 5.15. The summed E-state index contributed by atoms with van der Waals surface area (Å²) < 4.78 is 39.3. The lowest BCUT2D eigenvalue weighted by Gasteiger charge is -2.28. The second kappa shape index (κ2) is 9.14. The van der Waals surface area contributed by atoms with Gasteiger partial charge in [0.2, 0.25) is 0 Å². The van der Waals surface area contributed by atoms with E-state index in [4.69, 9.17) is 15.2 Å². The summed E-state index contributed by atoms with van der Waals surface area (Å²) in [5, 5.41) is 0. The normalized spacial score (nSPS) is 15.4. The molecule has 0 saturated heterocycles. The van der Waals surface area contributed by atoms with Crippen molar-refractivity contribution in [2.75, 3.05) is 0 Å². The number of nitrogens with two attached hydrogens (primary N) is 1. The van der Waals surface area contributed by atoms with Crippen molar-refractivity contribution in [3.05, 3.63) is 24.9 Å². The molecule has 0 saturated carbocycles. The topological polar surface area (TPSA) is 78.6 Å². The standard InChI is InChI=1S/C19H31F2NO4/c1-8-14(16(24)26-18(5,6)7)19(20,21)11-9-13(10-12-22)15(23)25-17(2,3)4/h8,10,12-14H,1,9,11,22H2,2-7H3. The fourth-order valence-electron chi connectivity index (χ4n) is 2.11. The third-order valence-electron chi connectivity index (χ3n) is 3.19. The average molecular weight is 375 g/mol. The van der Waals surface area contributed by atoms with Gasteiger partial charge in [-0.25, -0.2) is 8.78 Å². The van der Waals surface area contributed by atoms with E-state index in [1.807, 2.05) is 0 Å². The maximum atomic E-state index is 14.5. The van der Waals surface area contributed by atoms with E-state index >= 15 is 0 Å². The Hall–Kier alpha value is -1.92. The highest BCUT2D eigenvalue weighted by Crippen LogP contribution is 2.34. The molecule has 2 atom stereocenters. The molecule has 0 aromatic rings. The largest absolute Gasteiger partial charge is 0.460 e. The monoisotopic (exact) mass is 375 g/mol. The molecule has 0 amide bonds. The van der Waals surface area contributed by atoms with Crippen LogP contribution < -0.4 is 5.73 Å². The van der Waals surface area contributed by atoms with E-state index in [-0.39, 0.29) is 6.42 Å². The Morgan fingerprint density at radius 1 is 1.04 bits per heavy atom. The van der Waals surface area contributed by atoms with Crippen LogP contribution in [-0.4, -0.2) is 29.1 Å². The molecule has 0 aliphatic rings. The maximum absolute atomic E-state index is 14.5. The van der Waals surface area contributed by atoms with E-state index in [1.54, 1.807) is 41.5 Å². The minimum Gasteiger partial charge on any atom is -0.460 e. The Bertz CT molecular complexity index is 531. The van der Waals surface area contributed by atoms with Crippen LogP contribution in [0.2, 0.25) is 0 Å². The molecule has 0 aliphatic carbocycles. The van der Waals surface area contributed by atoms with E-state index in [0.29, 0.717) is 0 Å². The van der Waals surface area contributed by atoms with Crippen LogP contribution in [0, 0.1) is 11.8 Å². The molecule has 0 rings (SSSR count). The minimum atomic E-state index is -3.42. The third kappa shape index (κ3) is 8.97. The van der Waals surface area contributed by atoms with Crippen LogP contribution in [0.1, 0.15) is 54.4 Å². The van der Waals surface area contributed by atoms with Crippen molar-refractivity contribution < 1.29 is 27.8 Å². The van der Waals surface area contributed by atoms with Gasteiger partial charge >= 0.3 is 11.9 Å². The van der Waals surface area contributed by atoms with Gasteiger partial charge in [-0.1, -0.05) is 12.2 Å². The summed E-state index contributed by atoms with van der Waals surface area (Å²) in [6.07, 6.45) is 2.33. The van der Waals surface area contributed by atoms with Crippen LogP contribution in [0.25, 0.3) is 0 Å². The fourth-order valence-corrected chi connectivity index (χ4v) is 2.11. The smallest absolute Gasteiger partial charge is 0.319 e. The number of ether oxygens (including phenoxy) is 2. The molecule has 150 valence electrons. The van der Waals surface area contributed by atoms with Gasteiger partial charge in [-0.2, -0.15) is 0 Å². The van der Waals surface area contributed by atoms with Crippen molar-refractivity contribution in [2.24, 2.45) is 17.6 Å². The van der Waals surface area contributed by atoms with Crippen molar-refractivity contribution in [1.29, 1.82) is 0 Å². The molecule has 0 heterocycles. The first kappa shape index (κ1) is 24.1. The molecule has 0 radical (unpaired) electrons. The average Bonchev–Trinajstić information content (AvgIpc) is 2.39. The summed E-state index contributed by atoms with van der Waals surface area (Å²) in [6.45, 7) is 13.1. The van der Waals surface area contributed by atoms with Crippen LogP contribution in [0.3, 0.4) is 0 Å². The minimum absolute atomic E-state index is 0.233. The number of carbonyl (C=O) groups excluding carboxylic acids is 2. The summed E-state index contributed by atoms with van der Waals surface area (Å²) in [5.74, 6) is -7.87. The lowest BCUT2D eigenvalue weighted by molar-refractivity contribution is -0.171. The first-order valence-corrected chi connectivity index (χ1v) is 8.47. The van der Waals surface area contributed by atoms with E-state index in [2.05, 4.69) is 6.58 Å². The molecule has 0 spiro atoms. The van der Waals surface area contributed by atoms with Gasteiger partial charge in [0.25, 0.3) is 5.92 Å². The highest BCUT2D eigenvalue weighted by molar-refractivity contribution is 5.76. The highest BCUT2D eigenvalue weighted by atomic mass is 19.3. The molecule has 2 N–H and O–H groups in total. The van der Waals surface area contributed by atoms with Gasteiger partial charge < -0.3 is 15.2 Å². The Kier molecular flexibility index (Phi) is 8.47. The van der Waals surface area contributed by atoms with Crippen molar-refractivity contribution in [3.8, 4) is 0 Å². The molecule has 0 aromatic heterocycles. The predicted molar refractivity (Wildman–Crippen MR) is 96.4 cm³/mol. The summed E-state index contributed by atoms with van der Waals surface area (Å²) >= 11 is 0. The Morgan fingerprint density at radius 3 is 1.88 bits per heavy atom. The van der Waals surface area contributed by atoms with Crippen LogP contribution in [0.15, 0.2) is 24.9 Å². The molecule has 0 aromatic carbocycles. The van der Waals surface area contributed by atoms with Crippen molar-refractivity contribution in [2.45, 2.75) is 71.5 Å². The molecule has 0 aliphatic heterocycles. The third-order valence-corrected chi connectivity index (χ3v) is 3.19. The van der Waals surface area contributed by atoms with Gasteiger partial charge in [0.05, 0.1) is 5.92 Å².